The van der Waals surface area contributed by atoms with Gasteiger partial charge in [-0.05, 0) is 44.4 Å². The first kappa shape index (κ1) is 19.8. The number of fused-ring (bicyclic) bond motifs is 1. The van der Waals surface area contributed by atoms with Crippen molar-refractivity contribution >= 4 is 28.5 Å². The molecule has 1 aliphatic carbocycles. The van der Waals surface area contributed by atoms with Gasteiger partial charge in [0.15, 0.2) is 0 Å². The van der Waals surface area contributed by atoms with Crippen molar-refractivity contribution in [2.45, 2.75) is 38.8 Å². The number of rotatable bonds is 6. The first-order chi connectivity index (χ1) is 15.0. The predicted octanol–water partition coefficient (Wildman–Crippen LogP) is 3.26. The van der Waals surface area contributed by atoms with Gasteiger partial charge in [-0.2, -0.15) is 0 Å². The van der Waals surface area contributed by atoms with Crippen molar-refractivity contribution in [3.8, 4) is 0 Å². The minimum atomic E-state index is -0.188. The standard InChI is InChI=1S/C23H27N5O3/c1-15-18(19-20(27-23(2)7-8-23)25-14-26-22(19)31-15)21(29)24-13-16-3-5-17(6-4-16)28-9-11-30-12-10-28/h3-6,14H,7-13H2,1-2H3,(H,24,29)(H,25,26,27). The third-order valence-corrected chi connectivity index (χ3v) is 6.08. The highest BCUT2D eigenvalue weighted by Crippen LogP contribution is 2.40. The van der Waals surface area contributed by atoms with Gasteiger partial charge in [-0.25, -0.2) is 9.97 Å². The molecule has 5 rings (SSSR count). The Morgan fingerprint density at radius 1 is 1.16 bits per heavy atom. The molecule has 1 saturated carbocycles. The summed E-state index contributed by atoms with van der Waals surface area (Å²) in [6.45, 7) is 7.69. The molecule has 2 fully saturated rings. The van der Waals surface area contributed by atoms with Gasteiger partial charge in [0.1, 0.15) is 17.9 Å². The smallest absolute Gasteiger partial charge is 0.255 e. The maximum atomic E-state index is 13.1. The van der Waals surface area contributed by atoms with Crippen molar-refractivity contribution in [2.24, 2.45) is 0 Å². The van der Waals surface area contributed by atoms with Crippen LogP contribution >= 0.6 is 0 Å². The van der Waals surface area contributed by atoms with Crippen LogP contribution in [0.25, 0.3) is 11.1 Å². The highest BCUT2D eigenvalue weighted by atomic mass is 16.5. The molecule has 3 heterocycles. The van der Waals surface area contributed by atoms with Gasteiger partial charge in [-0.15, -0.1) is 0 Å². The second-order valence-corrected chi connectivity index (χ2v) is 8.57. The van der Waals surface area contributed by atoms with Gasteiger partial charge >= 0.3 is 0 Å². The van der Waals surface area contributed by atoms with Crippen LogP contribution in [0.2, 0.25) is 0 Å². The molecule has 0 unspecified atom stereocenters. The van der Waals surface area contributed by atoms with Crippen molar-refractivity contribution in [3.05, 3.63) is 47.5 Å². The van der Waals surface area contributed by atoms with E-state index in [1.807, 2.05) is 0 Å². The number of aryl methyl sites for hydroxylation is 1. The van der Waals surface area contributed by atoms with Gasteiger partial charge in [0.25, 0.3) is 5.91 Å². The molecular formula is C23H27N5O3. The number of anilines is 2. The van der Waals surface area contributed by atoms with Crippen LogP contribution in [-0.4, -0.2) is 47.7 Å². The number of furan rings is 1. The van der Waals surface area contributed by atoms with Gasteiger partial charge in [0.2, 0.25) is 5.71 Å². The summed E-state index contributed by atoms with van der Waals surface area (Å²) < 4.78 is 11.2. The number of carbonyl (C=O) groups is 1. The molecule has 1 saturated heterocycles. The molecule has 31 heavy (non-hydrogen) atoms. The quantitative estimate of drug-likeness (QED) is 0.631. The average Bonchev–Trinajstić information content (AvgIpc) is 3.40. The van der Waals surface area contributed by atoms with E-state index < -0.39 is 0 Å². The van der Waals surface area contributed by atoms with Crippen LogP contribution in [0.15, 0.2) is 35.0 Å². The molecule has 1 amide bonds. The second-order valence-electron chi connectivity index (χ2n) is 8.57. The Hall–Kier alpha value is -3.13. The molecule has 2 aromatic heterocycles. The fourth-order valence-electron chi connectivity index (χ4n) is 3.93. The first-order valence-corrected chi connectivity index (χ1v) is 10.7. The summed E-state index contributed by atoms with van der Waals surface area (Å²) in [6, 6.07) is 8.29. The van der Waals surface area contributed by atoms with Crippen molar-refractivity contribution in [2.75, 3.05) is 36.5 Å². The average molecular weight is 422 g/mol. The van der Waals surface area contributed by atoms with Gasteiger partial charge < -0.3 is 24.7 Å². The van der Waals surface area contributed by atoms with Crippen molar-refractivity contribution in [3.63, 3.8) is 0 Å². The molecule has 0 atom stereocenters. The van der Waals surface area contributed by atoms with Crippen LogP contribution in [-0.2, 0) is 11.3 Å². The largest absolute Gasteiger partial charge is 0.442 e. The van der Waals surface area contributed by atoms with E-state index in [9.17, 15) is 4.79 Å². The monoisotopic (exact) mass is 421 g/mol. The Labute approximate surface area is 181 Å². The molecular weight excluding hydrogens is 394 g/mol. The highest BCUT2D eigenvalue weighted by molar-refractivity contribution is 6.10. The molecule has 8 nitrogen and oxygen atoms in total. The minimum Gasteiger partial charge on any atom is -0.442 e. The fraction of sp³-hybridized carbons (Fsp3) is 0.435. The number of amides is 1. The molecule has 162 valence electrons. The Morgan fingerprint density at radius 3 is 2.61 bits per heavy atom. The van der Waals surface area contributed by atoms with Gasteiger partial charge in [0.05, 0.1) is 24.2 Å². The number of carbonyl (C=O) groups excluding carboxylic acids is 1. The number of nitrogens with one attached hydrogen (secondary N) is 2. The minimum absolute atomic E-state index is 0.0302. The summed E-state index contributed by atoms with van der Waals surface area (Å²) in [4.78, 5) is 24.0. The zero-order chi connectivity index (χ0) is 21.4. The molecule has 8 heteroatoms. The van der Waals surface area contributed by atoms with E-state index in [0.717, 1.165) is 44.7 Å². The van der Waals surface area contributed by atoms with E-state index in [1.165, 1.54) is 12.0 Å². The van der Waals surface area contributed by atoms with E-state index in [4.69, 9.17) is 9.15 Å². The summed E-state index contributed by atoms with van der Waals surface area (Å²) in [5.41, 5.74) is 3.17. The maximum Gasteiger partial charge on any atom is 0.255 e. The van der Waals surface area contributed by atoms with Gasteiger partial charge in [0, 0.05) is 30.9 Å². The summed E-state index contributed by atoms with van der Waals surface area (Å²) in [6.07, 6.45) is 3.63. The van der Waals surface area contributed by atoms with E-state index in [1.54, 1.807) is 6.92 Å². The summed E-state index contributed by atoms with van der Waals surface area (Å²) in [7, 11) is 0. The number of benzene rings is 1. The first-order valence-electron chi connectivity index (χ1n) is 10.7. The number of ether oxygens (including phenoxy) is 1. The maximum absolute atomic E-state index is 13.1. The second kappa shape index (κ2) is 7.85. The summed E-state index contributed by atoms with van der Waals surface area (Å²) in [5.74, 6) is 1.01. The van der Waals surface area contributed by atoms with Crippen LogP contribution in [0.5, 0.6) is 0 Å². The van der Waals surface area contributed by atoms with E-state index in [0.29, 0.717) is 34.8 Å². The molecule has 0 radical (unpaired) electrons. The SMILES string of the molecule is Cc1oc2ncnc(NC3(C)CC3)c2c1C(=O)NCc1ccc(N2CCOCC2)cc1. The fourth-order valence-corrected chi connectivity index (χ4v) is 3.93. The third-order valence-electron chi connectivity index (χ3n) is 6.08. The van der Waals surface area contributed by atoms with E-state index in [2.05, 4.69) is 56.7 Å². The van der Waals surface area contributed by atoms with Crippen LogP contribution in [0, 0.1) is 6.92 Å². The number of aromatic nitrogens is 2. The molecule has 2 N–H and O–H groups in total. The molecule has 0 spiro atoms. The molecule has 1 aromatic carbocycles. The third kappa shape index (κ3) is 4.07. The predicted molar refractivity (Wildman–Crippen MR) is 118 cm³/mol. The summed E-state index contributed by atoms with van der Waals surface area (Å²) in [5, 5.41) is 7.12. The zero-order valence-corrected chi connectivity index (χ0v) is 17.9. The topological polar surface area (TPSA) is 92.5 Å². The Kier molecular flexibility index (Phi) is 5.02. The lowest BCUT2D eigenvalue weighted by molar-refractivity contribution is 0.0950. The number of hydrogen-bond acceptors (Lipinski definition) is 7. The molecule has 0 bridgehead atoms. The van der Waals surface area contributed by atoms with Crippen LogP contribution in [0.3, 0.4) is 0 Å². The van der Waals surface area contributed by atoms with Crippen LogP contribution in [0.4, 0.5) is 11.5 Å². The number of morpholine rings is 1. The normalized spacial score (nSPS) is 17.5. The Morgan fingerprint density at radius 2 is 1.90 bits per heavy atom. The Bertz CT molecular complexity index is 1100. The van der Waals surface area contributed by atoms with Crippen molar-refractivity contribution in [1.29, 1.82) is 0 Å². The number of hydrogen-bond donors (Lipinski definition) is 2. The van der Waals surface area contributed by atoms with E-state index in [-0.39, 0.29) is 11.4 Å². The molecule has 2 aliphatic rings. The molecule has 1 aliphatic heterocycles. The zero-order valence-electron chi connectivity index (χ0n) is 17.9. The van der Waals surface area contributed by atoms with Crippen LogP contribution < -0.4 is 15.5 Å². The summed E-state index contributed by atoms with van der Waals surface area (Å²) >= 11 is 0. The molecule has 3 aromatic rings. The number of nitrogens with zero attached hydrogens (tertiary/aromatic N) is 3. The van der Waals surface area contributed by atoms with Gasteiger partial charge in [-0.1, -0.05) is 12.1 Å². The lowest BCUT2D eigenvalue weighted by Gasteiger charge is -2.28. The Balaban J connectivity index is 1.32. The highest BCUT2D eigenvalue weighted by Gasteiger charge is 2.38. The lowest BCUT2D eigenvalue weighted by Crippen LogP contribution is -2.36. The van der Waals surface area contributed by atoms with E-state index >= 15 is 0 Å². The van der Waals surface area contributed by atoms with Crippen molar-refractivity contribution in [1.82, 2.24) is 15.3 Å². The van der Waals surface area contributed by atoms with Gasteiger partial charge in [-0.3, -0.25) is 4.79 Å². The lowest BCUT2D eigenvalue weighted by atomic mass is 10.1. The van der Waals surface area contributed by atoms with Crippen LogP contribution in [0.1, 0.15) is 41.4 Å². The van der Waals surface area contributed by atoms with Crippen molar-refractivity contribution < 1.29 is 13.9 Å².